The molecule has 2 heterocycles. The van der Waals surface area contributed by atoms with Crippen molar-refractivity contribution in [3.8, 4) is 0 Å². The molecule has 3 nitrogen and oxygen atoms in total. The summed E-state index contributed by atoms with van der Waals surface area (Å²) < 4.78 is 2.06. The molecule has 0 spiro atoms. The molecule has 144 valence electrons. The molecule has 3 aromatic rings. The van der Waals surface area contributed by atoms with E-state index in [0.717, 1.165) is 38.8 Å². The number of aromatic nitrogens is 1. The van der Waals surface area contributed by atoms with Gasteiger partial charge in [-0.3, -0.25) is 4.79 Å². The lowest BCUT2D eigenvalue weighted by Crippen LogP contribution is -2.43. The highest BCUT2D eigenvalue weighted by atomic mass is 16.2. The molecule has 1 atom stereocenters. The van der Waals surface area contributed by atoms with E-state index in [1.165, 1.54) is 11.1 Å². The maximum atomic E-state index is 13.4. The van der Waals surface area contributed by atoms with Gasteiger partial charge in [0.1, 0.15) is 6.04 Å². The average Bonchev–Trinajstić information content (AvgIpc) is 3.28. The molecule has 0 radical (unpaired) electrons. The minimum Gasteiger partial charge on any atom is -0.342 e. The zero-order chi connectivity index (χ0) is 19.2. The van der Waals surface area contributed by atoms with Gasteiger partial charge < -0.3 is 9.47 Å². The van der Waals surface area contributed by atoms with Crippen LogP contribution in [0, 0.1) is 5.92 Å². The van der Waals surface area contributed by atoms with Crippen molar-refractivity contribution in [3.05, 3.63) is 96.3 Å². The molecule has 1 saturated heterocycles. The fourth-order valence-corrected chi connectivity index (χ4v) is 4.23. The zero-order valence-corrected chi connectivity index (χ0v) is 16.3. The smallest absolute Gasteiger partial charge is 0.245 e. The lowest BCUT2D eigenvalue weighted by atomic mass is 9.90. The molecular formula is C25H28N2O. The first-order chi connectivity index (χ1) is 13.8. The van der Waals surface area contributed by atoms with E-state index < -0.39 is 0 Å². The van der Waals surface area contributed by atoms with Gasteiger partial charge in [0, 0.05) is 31.9 Å². The van der Waals surface area contributed by atoms with Crippen LogP contribution < -0.4 is 0 Å². The van der Waals surface area contributed by atoms with Crippen molar-refractivity contribution < 1.29 is 4.79 Å². The van der Waals surface area contributed by atoms with Gasteiger partial charge in [0.25, 0.3) is 0 Å². The predicted octanol–water partition coefficient (Wildman–Crippen LogP) is 4.75. The third-order valence-corrected chi connectivity index (χ3v) is 5.84. The van der Waals surface area contributed by atoms with E-state index in [-0.39, 0.29) is 11.9 Å². The second-order valence-corrected chi connectivity index (χ2v) is 7.79. The molecular weight excluding hydrogens is 344 g/mol. The first kappa shape index (κ1) is 18.5. The number of carbonyl (C=O) groups excluding carboxylic acids is 1. The van der Waals surface area contributed by atoms with Crippen molar-refractivity contribution in [2.45, 2.75) is 31.7 Å². The molecule has 1 aliphatic rings. The van der Waals surface area contributed by atoms with E-state index in [0.29, 0.717) is 5.92 Å². The Balaban J connectivity index is 1.40. The monoisotopic (exact) mass is 372 g/mol. The topological polar surface area (TPSA) is 25.2 Å². The van der Waals surface area contributed by atoms with Crippen molar-refractivity contribution in [2.24, 2.45) is 5.92 Å². The van der Waals surface area contributed by atoms with Crippen LogP contribution in [-0.2, 0) is 17.6 Å². The summed E-state index contributed by atoms with van der Waals surface area (Å²) >= 11 is 0. The summed E-state index contributed by atoms with van der Waals surface area (Å²) in [4.78, 5) is 15.4. The van der Waals surface area contributed by atoms with Crippen LogP contribution in [0.2, 0.25) is 0 Å². The summed E-state index contributed by atoms with van der Waals surface area (Å²) in [6, 6.07) is 24.9. The van der Waals surface area contributed by atoms with Crippen LogP contribution in [0.4, 0.5) is 0 Å². The van der Waals surface area contributed by atoms with Gasteiger partial charge in [0.05, 0.1) is 0 Å². The molecule has 0 unspecified atom stereocenters. The van der Waals surface area contributed by atoms with Gasteiger partial charge in [-0.2, -0.15) is 0 Å². The normalized spacial score (nSPS) is 16.1. The number of hydrogen-bond acceptors (Lipinski definition) is 1. The molecule has 3 heteroatoms. The minimum atomic E-state index is -0.164. The van der Waals surface area contributed by atoms with Gasteiger partial charge in [-0.1, -0.05) is 60.7 Å². The van der Waals surface area contributed by atoms with E-state index >= 15 is 0 Å². The largest absolute Gasteiger partial charge is 0.342 e. The van der Waals surface area contributed by atoms with Crippen LogP contribution in [-0.4, -0.2) is 28.5 Å². The highest BCUT2D eigenvalue weighted by Gasteiger charge is 2.29. The fourth-order valence-electron chi connectivity index (χ4n) is 4.23. The van der Waals surface area contributed by atoms with Crippen molar-refractivity contribution in [1.82, 2.24) is 9.47 Å². The number of amides is 1. The van der Waals surface area contributed by atoms with E-state index in [4.69, 9.17) is 0 Å². The maximum absolute atomic E-state index is 13.4. The minimum absolute atomic E-state index is 0.164. The standard InChI is InChI=1S/C25H28N2O/c28-25(24(26-15-7-8-16-26)20-22-11-5-2-6-12-22)27-17-13-23(14-18-27)19-21-9-3-1-4-10-21/h1-12,15-16,23-24H,13-14,17-20H2/t24-/m1/s1. The fraction of sp³-hybridized carbons (Fsp3) is 0.320. The van der Waals surface area contributed by atoms with Crippen molar-refractivity contribution in [3.63, 3.8) is 0 Å². The van der Waals surface area contributed by atoms with Crippen molar-refractivity contribution >= 4 is 5.91 Å². The van der Waals surface area contributed by atoms with E-state index in [9.17, 15) is 4.79 Å². The van der Waals surface area contributed by atoms with E-state index in [1.54, 1.807) is 0 Å². The van der Waals surface area contributed by atoms with Crippen LogP contribution in [0.25, 0.3) is 0 Å². The van der Waals surface area contributed by atoms with Gasteiger partial charge in [-0.15, -0.1) is 0 Å². The molecule has 28 heavy (non-hydrogen) atoms. The number of piperidine rings is 1. The summed E-state index contributed by atoms with van der Waals surface area (Å²) in [5.74, 6) is 0.920. The van der Waals surface area contributed by atoms with Gasteiger partial charge in [-0.25, -0.2) is 0 Å². The Morgan fingerprint density at radius 1 is 0.821 bits per heavy atom. The number of nitrogens with zero attached hydrogens (tertiary/aromatic N) is 2. The van der Waals surface area contributed by atoms with E-state index in [2.05, 4.69) is 51.9 Å². The number of likely N-dealkylation sites (tertiary alicyclic amines) is 1. The van der Waals surface area contributed by atoms with Gasteiger partial charge in [0.15, 0.2) is 0 Å². The Morgan fingerprint density at radius 2 is 1.39 bits per heavy atom. The quantitative estimate of drug-likeness (QED) is 0.613. The lowest BCUT2D eigenvalue weighted by molar-refractivity contribution is -0.136. The number of benzene rings is 2. The summed E-state index contributed by atoms with van der Waals surface area (Å²) in [5.41, 5.74) is 2.61. The SMILES string of the molecule is O=C([C@@H](Cc1ccccc1)n1cccc1)N1CCC(Cc2ccccc2)CC1. The van der Waals surface area contributed by atoms with Crippen molar-refractivity contribution in [2.75, 3.05) is 13.1 Å². The Labute approximate surface area is 167 Å². The summed E-state index contributed by atoms with van der Waals surface area (Å²) in [6.07, 6.45) is 8.04. The summed E-state index contributed by atoms with van der Waals surface area (Å²) in [7, 11) is 0. The summed E-state index contributed by atoms with van der Waals surface area (Å²) in [6.45, 7) is 1.73. The first-order valence-corrected chi connectivity index (χ1v) is 10.3. The van der Waals surface area contributed by atoms with Crippen LogP contribution in [0.1, 0.15) is 30.0 Å². The average molecular weight is 373 g/mol. The highest BCUT2D eigenvalue weighted by Crippen LogP contribution is 2.25. The lowest BCUT2D eigenvalue weighted by Gasteiger charge is -2.35. The second kappa shape index (κ2) is 8.92. The molecule has 1 aromatic heterocycles. The number of rotatable bonds is 6. The molecule has 4 rings (SSSR count). The Hall–Kier alpha value is -2.81. The van der Waals surface area contributed by atoms with Gasteiger partial charge in [-0.05, 0) is 48.4 Å². The van der Waals surface area contributed by atoms with Crippen LogP contribution in [0.3, 0.4) is 0 Å². The third kappa shape index (κ3) is 4.53. The van der Waals surface area contributed by atoms with E-state index in [1.807, 2.05) is 42.7 Å². The van der Waals surface area contributed by atoms with Crippen LogP contribution in [0.15, 0.2) is 85.2 Å². The van der Waals surface area contributed by atoms with Crippen molar-refractivity contribution in [1.29, 1.82) is 0 Å². The van der Waals surface area contributed by atoms with Crippen LogP contribution >= 0.6 is 0 Å². The Kier molecular flexibility index (Phi) is 5.91. The Morgan fingerprint density at radius 3 is 2.00 bits per heavy atom. The van der Waals surface area contributed by atoms with Gasteiger partial charge in [0.2, 0.25) is 5.91 Å². The third-order valence-electron chi connectivity index (χ3n) is 5.84. The second-order valence-electron chi connectivity index (χ2n) is 7.79. The number of hydrogen-bond donors (Lipinski definition) is 0. The maximum Gasteiger partial charge on any atom is 0.245 e. The predicted molar refractivity (Wildman–Crippen MR) is 113 cm³/mol. The zero-order valence-electron chi connectivity index (χ0n) is 16.3. The first-order valence-electron chi connectivity index (χ1n) is 10.3. The van der Waals surface area contributed by atoms with Crippen LogP contribution in [0.5, 0.6) is 0 Å². The molecule has 2 aromatic carbocycles. The molecule has 0 bridgehead atoms. The molecule has 0 aliphatic carbocycles. The summed E-state index contributed by atoms with van der Waals surface area (Å²) in [5, 5.41) is 0. The molecule has 1 aliphatic heterocycles. The molecule has 0 saturated carbocycles. The molecule has 1 fully saturated rings. The molecule has 1 amide bonds. The highest BCUT2D eigenvalue weighted by molar-refractivity contribution is 5.81. The number of carbonyl (C=O) groups is 1. The Bertz CT molecular complexity index is 850. The van der Waals surface area contributed by atoms with Gasteiger partial charge >= 0.3 is 0 Å². The molecule has 0 N–H and O–H groups in total.